The Kier molecular flexibility index (Phi) is 18.4. The van der Waals surface area contributed by atoms with Crippen LogP contribution in [0.1, 0.15) is 132 Å². The van der Waals surface area contributed by atoms with Gasteiger partial charge in [0.25, 0.3) is 0 Å². The first-order valence-electron chi connectivity index (χ1n) is 32.5. The maximum atomic E-state index is 9.62. The molecule has 10 aromatic carbocycles. The van der Waals surface area contributed by atoms with E-state index >= 15 is 0 Å². The van der Waals surface area contributed by atoms with Gasteiger partial charge in [-0.3, -0.25) is 0 Å². The maximum Gasteiger partial charge on any atom is 0.127 e. The van der Waals surface area contributed by atoms with Gasteiger partial charge in [-0.15, -0.1) is 0 Å². The van der Waals surface area contributed by atoms with E-state index in [-0.39, 0.29) is 39.6 Å². The van der Waals surface area contributed by atoms with Crippen molar-refractivity contribution in [1.29, 1.82) is 0 Å². The maximum absolute atomic E-state index is 9.62. The molecule has 4 aliphatic carbocycles. The highest BCUT2D eigenvalue weighted by Gasteiger charge is 2.48. The molecule has 0 bridgehead atoms. The molecule has 8 heteroatoms. The second-order valence-corrected chi connectivity index (χ2v) is 24.3. The van der Waals surface area contributed by atoms with Crippen LogP contribution in [-0.4, -0.2) is 73.3 Å². The van der Waals surface area contributed by atoms with Gasteiger partial charge in [0, 0.05) is 11.1 Å². The van der Waals surface area contributed by atoms with E-state index in [4.69, 9.17) is 18.9 Å². The number of fused-ring (bicyclic) bond motifs is 6. The van der Waals surface area contributed by atoms with Gasteiger partial charge in [-0.05, 0) is 163 Å². The minimum atomic E-state index is -0.648. The quantitative estimate of drug-likeness (QED) is 0.0596. The summed E-state index contributed by atoms with van der Waals surface area (Å²) in [6.45, 7) is 0.918. The molecule has 0 spiro atoms. The molecule has 0 aliphatic heterocycles. The third-order valence-corrected chi connectivity index (χ3v) is 19.3. The van der Waals surface area contributed by atoms with Crippen molar-refractivity contribution in [3.63, 3.8) is 0 Å². The molecule has 0 heterocycles. The number of aliphatic hydroxyl groups is 4. The SMILES string of the molecule is OCCOc1ccc(C2(c3ccc(OCCO)c(-c4ccccc4)c3)c3ccccc3-c3ccccc32)cc1-c1ccccc1.OCCOc1ccc(C2(c3ccc(OCCO)c(C4CCCCC4)c3)c3ccccc3-c3ccccc32)cc1C1CCCCC1. The van der Waals surface area contributed by atoms with Crippen LogP contribution in [0.5, 0.6) is 23.0 Å². The molecule has 0 aromatic heterocycles. The van der Waals surface area contributed by atoms with Crippen LogP contribution in [0.3, 0.4) is 0 Å². The molecule has 456 valence electrons. The molecule has 90 heavy (non-hydrogen) atoms. The lowest BCUT2D eigenvalue weighted by Crippen LogP contribution is -2.29. The first kappa shape index (κ1) is 60.2. The number of ether oxygens (including phenoxy) is 4. The topological polar surface area (TPSA) is 118 Å². The normalized spacial score (nSPS) is 15.3. The first-order valence-corrected chi connectivity index (χ1v) is 32.5. The standard InChI is InChI=1S/C41H46O4.C41H34O4/c2*42-23-25-44-39-21-19-31(27-35(39)29-11-3-1-4-12-29)41(37-17-9-7-15-33(37)34-16-8-10-18-38(34)41)32-20-22-40(45-26-24-43)36(28-32)30-13-5-2-6-14-30/h7-10,15-22,27-30,42-43H,1-6,11-14,23-26H2;1-22,27-28,42-43H,23-26H2. The van der Waals surface area contributed by atoms with Gasteiger partial charge in [0.15, 0.2) is 0 Å². The molecule has 0 amide bonds. The number of rotatable bonds is 20. The Morgan fingerprint density at radius 2 is 0.556 bits per heavy atom. The fourth-order valence-corrected chi connectivity index (χ4v) is 15.4. The second-order valence-electron chi connectivity index (χ2n) is 24.3. The van der Waals surface area contributed by atoms with Crippen molar-refractivity contribution in [2.24, 2.45) is 0 Å². The highest BCUT2D eigenvalue weighted by Crippen LogP contribution is 2.60. The number of benzene rings is 10. The fraction of sp³-hybridized carbons (Fsp3) is 0.268. The van der Waals surface area contributed by atoms with Crippen LogP contribution in [0.25, 0.3) is 44.5 Å². The predicted octanol–water partition coefficient (Wildman–Crippen LogP) is 17.0. The Balaban J connectivity index is 0.000000165. The minimum Gasteiger partial charge on any atom is -0.491 e. The summed E-state index contributed by atoms with van der Waals surface area (Å²) in [5, 5.41) is 38.4. The molecule has 0 unspecified atom stereocenters. The zero-order valence-corrected chi connectivity index (χ0v) is 51.2. The van der Waals surface area contributed by atoms with Gasteiger partial charge in [-0.25, -0.2) is 0 Å². The Hall–Kier alpha value is -8.76. The van der Waals surface area contributed by atoms with E-state index in [1.165, 1.54) is 131 Å². The van der Waals surface area contributed by atoms with Crippen LogP contribution in [0, 0.1) is 0 Å². The van der Waals surface area contributed by atoms with Crippen LogP contribution < -0.4 is 18.9 Å². The number of hydrogen-bond acceptors (Lipinski definition) is 8. The Morgan fingerprint density at radius 3 is 0.878 bits per heavy atom. The van der Waals surface area contributed by atoms with Crippen molar-refractivity contribution < 1.29 is 39.4 Å². The second kappa shape index (κ2) is 27.5. The van der Waals surface area contributed by atoms with Crippen molar-refractivity contribution in [3.8, 4) is 67.5 Å². The van der Waals surface area contributed by atoms with Crippen molar-refractivity contribution in [2.45, 2.75) is 86.9 Å². The molecule has 2 fully saturated rings. The van der Waals surface area contributed by atoms with E-state index in [0.717, 1.165) is 56.4 Å². The van der Waals surface area contributed by atoms with E-state index in [1.54, 1.807) is 0 Å². The molecule has 2 saturated carbocycles. The molecule has 4 aliphatic rings. The Bertz CT molecular complexity index is 3800. The van der Waals surface area contributed by atoms with Crippen LogP contribution >= 0.6 is 0 Å². The van der Waals surface area contributed by atoms with Crippen molar-refractivity contribution >= 4 is 0 Å². The predicted molar refractivity (Wildman–Crippen MR) is 360 cm³/mol. The van der Waals surface area contributed by atoms with Crippen molar-refractivity contribution in [3.05, 3.63) is 286 Å². The van der Waals surface area contributed by atoms with Gasteiger partial charge >= 0.3 is 0 Å². The van der Waals surface area contributed by atoms with Crippen LogP contribution in [0.15, 0.2) is 231 Å². The summed E-state index contributed by atoms with van der Waals surface area (Å²) >= 11 is 0. The van der Waals surface area contributed by atoms with Crippen LogP contribution in [0.2, 0.25) is 0 Å². The summed E-state index contributed by atoms with van der Waals surface area (Å²) in [5.41, 5.74) is 20.2. The Morgan fingerprint density at radius 1 is 0.278 bits per heavy atom. The summed E-state index contributed by atoms with van der Waals surface area (Å²) in [4.78, 5) is 0. The minimum absolute atomic E-state index is 0.00515. The van der Waals surface area contributed by atoms with Gasteiger partial charge < -0.3 is 39.4 Å². The van der Waals surface area contributed by atoms with Crippen LogP contribution in [0.4, 0.5) is 0 Å². The number of aliphatic hydroxyl groups excluding tert-OH is 4. The largest absolute Gasteiger partial charge is 0.491 e. The van der Waals surface area contributed by atoms with Gasteiger partial charge in [-0.1, -0.05) is 233 Å². The molecule has 4 N–H and O–H groups in total. The van der Waals surface area contributed by atoms with Crippen molar-refractivity contribution in [2.75, 3.05) is 52.9 Å². The highest BCUT2D eigenvalue weighted by molar-refractivity contribution is 5.89. The molecule has 14 rings (SSSR count). The van der Waals surface area contributed by atoms with Crippen molar-refractivity contribution in [1.82, 2.24) is 0 Å². The van der Waals surface area contributed by atoms with E-state index < -0.39 is 10.8 Å². The van der Waals surface area contributed by atoms with Gasteiger partial charge in [0.05, 0.1) is 37.3 Å². The lowest BCUT2D eigenvalue weighted by molar-refractivity contribution is 0.199. The molecule has 0 saturated heterocycles. The van der Waals surface area contributed by atoms with E-state index in [0.29, 0.717) is 25.0 Å². The third-order valence-electron chi connectivity index (χ3n) is 19.3. The molecule has 0 radical (unpaired) electrons. The van der Waals surface area contributed by atoms with E-state index in [1.807, 2.05) is 48.5 Å². The molecule has 8 nitrogen and oxygen atoms in total. The van der Waals surface area contributed by atoms with Gasteiger partial charge in [0.2, 0.25) is 0 Å². The average Bonchev–Trinajstić information content (AvgIpc) is 1.52. The first-order chi connectivity index (χ1) is 44.5. The third kappa shape index (κ3) is 11.3. The van der Waals surface area contributed by atoms with E-state index in [2.05, 4.69) is 182 Å². The highest BCUT2D eigenvalue weighted by atomic mass is 16.5. The van der Waals surface area contributed by atoms with E-state index in [9.17, 15) is 20.4 Å². The zero-order valence-electron chi connectivity index (χ0n) is 51.2. The molecular formula is C82H80O8. The molecule has 10 aromatic rings. The van der Waals surface area contributed by atoms with Gasteiger partial charge in [-0.2, -0.15) is 0 Å². The summed E-state index contributed by atoms with van der Waals surface area (Å²) < 4.78 is 24.6. The lowest BCUT2D eigenvalue weighted by atomic mass is 9.66. The number of hydrogen-bond donors (Lipinski definition) is 4. The van der Waals surface area contributed by atoms with Gasteiger partial charge in [0.1, 0.15) is 49.4 Å². The monoisotopic (exact) mass is 1190 g/mol. The molecule has 0 atom stereocenters. The molecular weight excluding hydrogens is 1110 g/mol. The average molecular weight is 1190 g/mol. The summed E-state index contributed by atoms with van der Waals surface area (Å²) in [7, 11) is 0. The lowest BCUT2D eigenvalue weighted by Gasteiger charge is -2.36. The summed E-state index contributed by atoms with van der Waals surface area (Å²) in [6, 6.07) is 82.4. The summed E-state index contributed by atoms with van der Waals surface area (Å²) in [6.07, 6.45) is 12.2. The summed E-state index contributed by atoms with van der Waals surface area (Å²) in [5.74, 6) is 4.17. The van der Waals surface area contributed by atoms with Crippen LogP contribution in [-0.2, 0) is 10.8 Å². The smallest absolute Gasteiger partial charge is 0.127 e. The Labute approximate surface area is 530 Å². The zero-order chi connectivity index (χ0) is 61.3. The fourth-order valence-electron chi connectivity index (χ4n) is 15.4.